The molecule has 0 aliphatic carbocycles. The summed E-state index contributed by atoms with van der Waals surface area (Å²) in [6.45, 7) is 5.95. The molecule has 0 radical (unpaired) electrons. The number of ketones is 1. The van der Waals surface area contributed by atoms with Gasteiger partial charge in [-0.15, -0.1) is 11.3 Å². The van der Waals surface area contributed by atoms with E-state index in [-0.39, 0.29) is 12.4 Å². The van der Waals surface area contributed by atoms with E-state index in [9.17, 15) is 9.90 Å². The third kappa shape index (κ3) is 5.25. The van der Waals surface area contributed by atoms with E-state index in [1.54, 1.807) is 11.3 Å². The van der Waals surface area contributed by atoms with Gasteiger partial charge >= 0.3 is 0 Å². The van der Waals surface area contributed by atoms with Crippen LogP contribution in [0.15, 0.2) is 48.5 Å². The smallest absolute Gasteiger partial charge is 0.173 e. The summed E-state index contributed by atoms with van der Waals surface area (Å²) < 4.78 is 0. The summed E-state index contributed by atoms with van der Waals surface area (Å²) >= 11 is 1.61. The zero-order chi connectivity index (χ0) is 21.7. The van der Waals surface area contributed by atoms with Gasteiger partial charge in [-0.3, -0.25) is 4.79 Å². The number of aryl methyl sites for hydroxylation is 4. The Hall–Kier alpha value is -2.27. The maximum Gasteiger partial charge on any atom is 0.173 e. The van der Waals surface area contributed by atoms with Crippen molar-refractivity contribution in [3.63, 3.8) is 0 Å². The van der Waals surface area contributed by atoms with Crippen LogP contribution in [0.5, 0.6) is 0 Å². The van der Waals surface area contributed by atoms with Crippen molar-refractivity contribution < 1.29 is 15.0 Å². The Bertz CT molecular complexity index is 981. The Morgan fingerprint density at radius 2 is 1.73 bits per heavy atom. The molecule has 2 aromatic carbocycles. The first-order chi connectivity index (χ1) is 14.4. The molecule has 0 fully saturated rings. The van der Waals surface area contributed by atoms with Gasteiger partial charge in [0.1, 0.15) is 0 Å². The van der Waals surface area contributed by atoms with Crippen LogP contribution in [-0.4, -0.2) is 28.7 Å². The number of rotatable bonds is 9. The minimum atomic E-state index is -0.736. The monoisotopic (exact) mass is 422 g/mol. The molecule has 0 spiro atoms. The number of Topliss-reactive ketones (excluding diaryl/α,β-unsaturated/α-hetero) is 1. The van der Waals surface area contributed by atoms with Crippen molar-refractivity contribution in [3.05, 3.63) is 80.5 Å². The Morgan fingerprint density at radius 1 is 1.07 bits per heavy atom. The van der Waals surface area contributed by atoms with Gasteiger partial charge in [0, 0.05) is 17.7 Å². The fourth-order valence-electron chi connectivity index (χ4n) is 3.92. The van der Waals surface area contributed by atoms with Crippen LogP contribution in [0.2, 0.25) is 0 Å². The molecule has 30 heavy (non-hydrogen) atoms. The summed E-state index contributed by atoms with van der Waals surface area (Å²) in [5, 5.41) is 18.9. The number of hydrogen-bond acceptors (Lipinski definition) is 4. The van der Waals surface area contributed by atoms with E-state index < -0.39 is 6.10 Å². The number of hydrogen-bond donors (Lipinski definition) is 2. The van der Waals surface area contributed by atoms with Crippen molar-refractivity contribution in [2.24, 2.45) is 0 Å². The van der Waals surface area contributed by atoms with E-state index in [0.717, 1.165) is 39.1 Å². The van der Waals surface area contributed by atoms with Crippen LogP contribution < -0.4 is 0 Å². The Labute approximate surface area is 183 Å². The fourth-order valence-corrected chi connectivity index (χ4v) is 5.01. The first-order valence-corrected chi connectivity index (χ1v) is 11.3. The average molecular weight is 423 g/mol. The highest BCUT2D eigenvalue weighted by molar-refractivity contribution is 7.14. The van der Waals surface area contributed by atoms with Crippen LogP contribution in [0.4, 0.5) is 0 Å². The zero-order valence-electron chi connectivity index (χ0n) is 17.9. The van der Waals surface area contributed by atoms with Gasteiger partial charge in [0.05, 0.1) is 17.6 Å². The number of carbonyl (C=O) groups is 1. The van der Waals surface area contributed by atoms with Gasteiger partial charge in [-0.05, 0) is 66.1 Å². The molecule has 3 aromatic rings. The van der Waals surface area contributed by atoms with Crippen LogP contribution in [0.3, 0.4) is 0 Å². The van der Waals surface area contributed by atoms with Crippen molar-refractivity contribution in [1.29, 1.82) is 0 Å². The second-order valence-electron chi connectivity index (χ2n) is 7.84. The Balaban J connectivity index is 1.72. The molecule has 1 aromatic heterocycles. The Morgan fingerprint density at radius 3 is 2.33 bits per heavy atom. The van der Waals surface area contributed by atoms with Crippen LogP contribution in [0.25, 0.3) is 11.1 Å². The van der Waals surface area contributed by atoms with E-state index in [1.165, 1.54) is 10.4 Å². The molecule has 0 amide bonds. The topological polar surface area (TPSA) is 57.5 Å². The predicted molar refractivity (Wildman–Crippen MR) is 124 cm³/mol. The second kappa shape index (κ2) is 10.2. The minimum Gasteiger partial charge on any atom is -0.394 e. The lowest BCUT2D eigenvalue weighted by atomic mass is 9.93. The van der Waals surface area contributed by atoms with Crippen LogP contribution in [0.1, 0.15) is 50.1 Å². The standard InChI is InChI=1S/C26H30O3S/c1-4-25-23(20-8-6-5-7-9-20)15-26(30-25)24(29)11-10-19-12-17(2)22(18(3)13-19)14-21(28)16-27/h5-9,12-13,15,21,27-28H,4,10-11,14,16H2,1-3H3. The van der Waals surface area contributed by atoms with Gasteiger partial charge in [0.2, 0.25) is 0 Å². The number of aliphatic hydroxyl groups is 2. The minimum absolute atomic E-state index is 0.187. The highest BCUT2D eigenvalue weighted by Crippen LogP contribution is 2.33. The molecule has 4 heteroatoms. The largest absolute Gasteiger partial charge is 0.394 e. The molecule has 1 heterocycles. The molecule has 3 nitrogen and oxygen atoms in total. The van der Waals surface area contributed by atoms with Gasteiger partial charge < -0.3 is 10.2 Å². The average Bonchev–Trinajstić information content (AvgIpc) is 3.19. The molecular weight excluding hydrogens is 392 g/mol. The third-order valence-corrected chi connectivity index (χ3v) is 6.86. The first-order valence-electron chi connectivity index (χ1n) is 10.5. The molecule has 1 atom stereocenters. The molecule has 3 rings (SSSR count). The molecule has 158 valence electrons. The number of thiophene rings is 1. The van der Waals surface area contributed by atoms with Crippen molar-refractivity contribution in [2.75, 3.05) is 6.61 Å². The van der Waals surface area contributed by atoms with Gasteiger partial charge in [-0.2, -0.15) is 0 Å². The number of benzene rings is 2. The van der Waals surface area contributed by atoms with E-state index >= 15 is 0 Å². The quantitative estimate of drug-likeness (QED) is 0.460. The van der Waals surface area contributed by atoms with E-state index in [1.807, 2.05) is 32.0 Å². The molecule has 0 bridgehead atoms. The summed E-state index contributed by atoms with van der Waals surface area (Å²) in [6, 6.07) is 16.5. The SMILES string of the molecule is CCc1sc(C(=O)CCc2cc(C)c(CC(O)CO)c(C)c2)cc1-c1ccccc1. The highest BCUT2D eigenvalue weighted by atomic mass is 32.1. The summed E-state index contributed by atoms with van der Waals surface area (Å²) in [5.41, 5.74) is 6.74. The molecular formula is C26H30O3S. The van der Waals surface area contributed by atoms with Gasteiger partial charge in [-0.25, -0.2) is 0 Å². The summed E-state index contributed by atoms with van der Waals surface area (Å²) in [5.74, 6) is 0.187. The van der Waals surface area contributed by atoms with Crippen molar-refractivity contribution in [3.8, 4) is 11.1 Å². The maximum absolute atomic E-state index is 12.9. The summed E-state index contributed by atoms with van der Waals surface area (Å²) in [4.78, 5) is 15.0. The number of aliphatic hydroxyl groups excluding tert-OH is 2. The highest BCUT2D eigenvalue weighted by Gasteiger charge is 2.16. The lowest BCUT2D eigenvalue weighted by Gasteiger charge is -2.15. The first kappa shape index (κ1) is 22.4. The van der Waals surface area contributed by atoms with Crippen molar-refractivity contribution >= 4 is 17.1 Å². The fraction of sp³-hybridized carbons (Fsp3) is 0.346. The lowest BCUT2D eigenvalue weighted by Crippen LogP contribution is -2.16. The van der Waals surface area contributed by atoms with Gasteiger partial charge in [0.15, 0.2) is 5.78 Å². The Kier molecular flexibility index (Phi) is 7.59. The predicted octanol–water partition coefficient (Wildman–Crippen LogP) is 5.31. The maximum atomic E-state index is 12.9. The number of carbonyl (C=O) groups excluding carboxylic acids is 1. The van der Waals surface area contributed by atoms with E-state index in [4.69, 9.17) is 5.11 Å². The lowest BCUT2D eigenvalue weighted by molar-refractivity contribution is 0.0952. The molecule has 2 N–H and O–H groups in total. The normalized spacial score (nSPS) is 12.2. The molecule has 0 aliphatic rings. The summed E-state index contributed by atoms with van der Waals surface area (Å²) in [6.07, 6.45) is 1.81. The van der Waals surface area contributed by atoms with Gasteiger partial charge in [-0.1, -0.05) is 49.4 Å². The second-order valence-corrected chi connectivity index (χ2v) is 8.98. The van der Waals surface area contributed by atoms with Crippen LogP contribution in [0, 0.1) is 13.8 Å². The molecule has 1 unspecified atom stereocenters. The van der Waals surface area contributed by atoms with E-state index in [2.05, 4.69) is 37.3 Å². The molecule has 0 saturated carbocycles. The zero-order valence-corrected chi connectivity index (χ0v) is 18.8. The van der Waals surface area contributed by atoms with Crippen LogP contribution in [-0.2, 0) is 19.3 Å². The summed E-state index contributed by atoms with van der Waals surface area (Å²) in [7, 11) is 0. The third-order valence-electron chi connectivity index (χ3n) is 5.54. The molecule has 0 saturated heterocycles. The van der Waals surface area contributed by atoms with Crippen molar-refractivity contribution in [2.45, 2.75) is 52.6 Å². The van der Waals surface area contributed by atoms with Gasteiger partial charge in [0.25, 0.3) is 0 Å². The molecule has 0 aliphatic heterocycles. The van der Waals surface area contributed by atoms with E-state index in [0.29, 0.717) is 19.3 Å². The van der Waals surface area contributed by atoms with Crippen LogP contribution >= 0.6 is 11.3 Å². The van der Waals surface area contributed by atoms with Crippen molar-refractivity contribution in [1.82, 2.24) is 0 Å².